The first kappa shape index (κ1) is 18.6. The molecule has 4 N–H and O–H groups in total. The molecule has 0 atom stereocenters. The molecule has 3 aromatic rings. The van der Waals surface area contributed by atoms with Crippen LogP contribution in [0.3, 0.4) is 0 Å². The Balaban J connectivity index is 0.000000403. The second kappa shape index (κ2) is 9.48. The molecule has 1 heterocycles. The van der Waals surface area contributed by atoms with Crippen LogP contribution in [0.25, 0.3) is 0 Å². The molecule has 0 amide bonds. The number of hydrazone groups is 2. The van der Waals surface area contributed by atoms with E-state index in [2.05, 4.69) is 21.5 Å². The van der Waals surface area contributed by atoms with Gasteiger partial charge in [0.2, 0.25) is 0 Å². The highest BCUT2D eigenvalue weighted by atomic mass is 15.9. The Morgan fingerprint density at radius 2 is 1.36 bits per heavy atom. The molecule has 3 aromatic carbocycles. The second-order valence-corrected chi connectivity index (χ2v) is 5.59. The lowest BCUT2D eigenvalue weighted by Gasteiger charge is -2.27. The minimum absolute atomic E-state index is 0.818. The summed E-state index contributed by atoms with van der Waals surface area (Å²) in [6, 6.07) is 30.3. The average molecular weight is 372 g/mol. The Morgan fingerprint density at radius 3 is 1.86 bits per heavy atom. The molecule has 0 saturated heterocycles. The number of nitrogens with one attached hydrogen (secondary N) is 2. The molecule has 0 spiro atoms. The number of amidine groups is 1. The van der Waals surface area contributed by atoms with Crippen LogP contribution in [-0.2, 0) is 0 Å². The van der Waals surface area contributed by atoms with Crippen molar-refractivity contribution in [3.8, 4) is 0 Å². The summed E-state index contributed by atoms with van der Waals surface area (Å²) in [6.45, 7) is 0. The van der Waals surface area contributed by atoms with Gasteiger partial charge in [-0.15, -0.1) is 10.2 Å². The normalized spacial score (nSPS) is 12.8. The summed E-state index contributed by atoms with van der Waals surface area (Å²) in [6.07, 6.45) is 0.944. The summed E-state index contributed by atoms with van der Waals surface area (Å²) in [7, 11) is 0. The van der Waals surface area contributed by atoms with Gasteiger partial charge in [0, 0.05) is 5.56 Å². The Kier molecular flexibility index (Phi) is 6.30. The van der Waals surface area contributed by atoms with Gasteiger partial charge in [0.25, 0.3) is 0 Å². The molecule has 0 aliphatic carbocycles. The lowest BCUT2D eigenvalue weighted by Crippen LogP contribution is -2.44. The standard InChI is InChI=1S/C19H16N4.CH4N4/c1-4-10-16(11-5-1)19-20-22(17-12-6-2-7-13-17)23(21-19)18-14-8-3-9-15-18;2-4-1-5-3/h1-15H,(H,20,21);1-2H,3H2. The SMILES string of the molecule is N=NC=NN.c1ccc(C2=NN(c3ccccc3)N(c3ccccc3)N2)cc1. The molecule has 140 valence electrons. The number of nitrogens with zero attached hydrogens (tertiary/aromatic N) is 5. The highest BCUT2D eigenvalue weighted by Gasteiger charge is 2.25. The van der Waals surface area contributed by atoms with Crippen molar-refractivity contribution in [2.75, 3.05) is 10.2 Å². The third-order valence-electron chi connectivity index (χ3n) is 3.76. The Hall–Kier alpha value is -4.20. The quantitative estimate of drug-likeness (QED) is 0.213. The minimum Gasteiger partial charge on any atom is -0.322 e. The number of nitrogens with two attached hydrogens (primary N) is 1. The van der Waals surface area contributed by atoms with Gasteiger partial charge in [-0.1, -0.05) is 66.7 Å². The van der Waals surface area contributed by atoms with Crippen molar-refractivity contribution in [1.82, 2.24) is 5.43 Å². The van der Waals surface area contributed by atoms with E-state index >= 15 is 0 Å². The number of para-hydroxylation sites is 2. The molecule has 0 radical (unpaired) electrons. The van der Waals surface area contributed by atoms with Gasteiger partial charge >= 0.3 is 0 Å². The van der Waals surface area contributed by atoms with Gasteiger partial charge in [-0.3, -0.25) is 5.43 Å². The Labute approximate surface area is 163 Å². The second-order valence-electron chi connectivity index (χ2n) is 5.59. The van der Waals surface area contributed by atoms with Crippen LogP contribution in [0.1, 0.15) is 5.56 Å². The van der Waals surface area contributed by atoms with Crippen molar-refractivity contribution in [2.24, 2.45) is 21.2 Å². The predicted molar refractivity (Wildman–Crippen MR) is 112 cm³/mol. The number of hydrogen-bond acceptors (Lipinski definition) is 7. The summed E-state index contributed by atoms with van der Waals surface area (Å²) in [4.78, 5) is 0. The molecule has 4 rings (SSSR count). The maximum Gasteiger partial charge on any atom is 0.176 e. The van der Waals surface area contributed by atoms with E-state index in [1.165, 1.54) is 0 Å². The van der Waals surface area contributed by atoms with Crippen LogP contribution in [0.5, 0.6) is 0 Å². The summed E-state index contributed by atoms with van der Waals surface area (Å²) in [5, 5.41) is 14.1. The molecule has 0 fully saturated rings. The average Bonchev–Trinajstić information content (AvgIpc) is 3.22. The molecule has 8 heteroatoms. The number of hydrogen-bond donors (Lipinski definition) is 3. The topological polar surface area (TPSA) is 105 Å². The molecular formula is C20H20N8. The van der Waals surface area contributed by atoms with Gasteiger partial charge in [-0.2, -0.15) is 15.3 Å². The molecule has 0 saturated carbocycles. The van der Waals surface area contributed by atoms with E-state index < -0.39 is 0 Å². The van der Waals surface area contributed by atoms with Crippen molar-refractivity contribution < 1.29 is 0 Å². The molecule has 1 aliphatic rings. The van der Waals surface area contributed by atoms with E-state index in [9.17, 15) is 0 Å². The molecule has 0 bridgehead atoms. The van der Waals surface area contributed by atoms with Crippen LogP contribution in [0, 0.1) is 5.53 Å². The Morgan fingerprint density at radius 1 is 0.821 bits per heavy atom. The summed E-state index contributed by atoms with van der Waals surface area (Å²) in [5.74, 6) is 5.31. The van der Waals surface area contributed by atoms with Gasteiger partial charge in [-0.25, -0.2) is 5.53 Å². The van der Waals surface area contributed by atoms with E-state index in [4.69, 9.17) is 10.6 Å². The lowest BCUT2D eigenvalue weighted by molar-refractivity contribution is 0.771. The third kappa shape index (κ3) is 4.50. The van der Waals surface area contributed by atoms with Crippen LogP contribution >= 0.6 is 0 Å². The Bertz CT molecular complexity index is 926. The number of rotatable bonds is 4. The summed E-state index contributed by atoms with van der Waals surface area (Å²) in [5.41, 5.74) is 12.4. The van der Waals surface area contributed by atoms with E-state index in [0.717, 1.165) is 29.1 Å². The smallest absolute Gasteiger partial charge is 0.176 e. The first-order valence-electron chi connectivity index (χ1n) is 8.52. The van der Waals surface area contributed by atoms with Crippen molar-refractivity contribution in [3.05, 3.63) is 96.6 Å². The molecular weight excluding hydrogens is 352 g/mol. The number of anilines is 2. The predicted octanol–water partition coefficient (Wildman–Crippen LogP) is 3.71. The molecule has 0 aromatic heterocycles. The van der Waals surface area contributed by atoms with E-state index in [-0.39, 0.29) is 0 Å². The van der Waals surface area contributed by atoms with Gasteiger partial charge in [0.15, 0.2) is 12.2 Å². The highest BCUT2D eigenvalue weighted by molar-refractivity contribution is 6.02. The molecule has 28 heavy (non-hydrogen) atoms. The monoisotopic (exact) mass is 372 g/mol. The highest BCUT2D eigenvalue weighted by Crippen LogP contribution is 2.25. The van der Waals surface area contributed by atoms with Crippen LogP contribution < -0.4 is 21.5 Å². The lowest BCUT2D eigenvalue weighted by atomic mass is 10.2. The minimum atomic E-state index is 0.818. The van der Waals surface area contributed by atoms with Gasteiger partial charge in [0.05, 0.1) is 11.4 Å². The fourth-order valence-corrected chi connectivity index (χ4v) is 2.54. The zero-order chi connectivity index (χ0) is 19.6. The maximum atomic E-state index is 6.00. The molecule has 1 aliphatic heterocycles. The number of benzene rings is 3. The fraction of sp³-hybridized carbons (Fsp3) is 0. The molecule has 0 unspecified atom stereocenters. The van der Waals surface area contributed by atoms with Gasteiger partial charge in [-0.05, 0) is 24.3 Å². The maximum absolute atomic E-state index is 6.00. The van der Waals surface area contributed by atoms with Crippen molar-refractivity contribution in [1.29, 1.82) is 5.53 Å². The van der Waals surface area contributed by atoms with Gasteiger partial charge in [0.1, 0.15) is 0 Å². The van der Waals surface area contributed by atoms with Crippen LogP contribution in [0.4, 0.5) is 11.4 Å². The zero-order valence-electron chi connectivity index (χ0n) is 15.1. The summed E-state index contributed by atoms with van der Waals surface area (Å²) < 4.78 is 0. The van der Waals surface area contributed by atoms with Gasteiger partial charge < -0.3 is 5.84 Å². The first-order chi connectivity index (χ1) is 13.8. The third-order valence-corrected chi connectivity index (χ3v) is 3.76. The zero-order valence-corrected chi connectivity index (χ0v) is 15.1. The van der Waals surface area contributed by atoms with Crippen molar-refractivity contribution >= 4 is 23.5 Å². The molecule has 8 nitrogen and oxygen atoms in total. The largest absolute Gasteiger partial charge is 0.322 e. The van der Waals surface area contributed by atoms with Crippen LogP contribution in [-0.4, -0.2) is 12.2 Å². The number of hydrazine groups is 2. The van der Waals surface area contributed by atoms with Crippen molar-refractivity contribution in [3.63, 3.8) is 0 Å². The fourth-order valence-electron chi connectivity index (χ4n) is 2.54. The van der Waals surface area contributed by atoms with Crippen molar-refractivity contribution in [2.45, 2.75) is 0 Å². The summed E-state index contributed by atoms with van der Waals surface area (Å²) >= 11 is 0. The van der Waals surface area contributed by atoms with E-state index in [0.29, 0.717) is 0 Å². The first-order valence-corrected chi connectivity index (χ1v) is 8.52. The van der Waals surface area contributed by atoms with Crippen LogP contribution in [0.15, 0.2) is 106 Å². The van der Waals surface area contributed by atoms with E-state index in [1.54, 1.807) is 0 Å². The van der Waals surface area contributed by atoms with Crippen LogP contribution in [0.2, 0.25) is 0 Å². The van der Waals surface area contributed by atoms with E-state index in [1.807, 2.05) is 101 Å².